The van der Waals surface area contributed by atoms with Crippen LogP contribution in [0.15, 0.2) is 24.3 Å². The maximum atomic E-state index is 12.0. The van der Waals surface area contributed by atoms with Gasteiger partial charge in [-0.3, -0.25) is 14.9 Å². The van der Waals surface area contributed by atoms with E-state index in [-0.39, 0.29) is 36.5 Å². The Morgan fingerprint density at radius 2 is 2.12 bits per heavy atom. The molecule has 8 heteroatoms. The number of benzene rings is 1. The fraction of sp³-hybridized carbons (Fsp3) is 0.375. The van der Waals surface area contributed by atoms with E-state index in [1.54, 1.807) is 6.07 Å². The van der Waals surface area contributed by atoms with E-state index >= 15 is 0 Å². The molecule has 1 atom stereocenters. The molecular weight excluding hydrogens is 312 g/mol. The molecule has 0 aliphatic carbocycles. The van der Waals surface area contributed by atoms with Crippen molar-refractivity contribution in [2.45, 2.75) is 18.9 Å². The van der Waals surface area contributed by atoms with Crippen LogP contribution in [0.25, 0.3) is 0 Å². The first kappa shape index (κ1) is 17.4. The van der Waals surface area contributed by atoms with Crippen LogP contribution in [0.5, 0.6) is 0 Å². The zero-order chi connectivity index (χ0) is 17.5. The van der Waals surface area contributed by atoms with Crippen molar-refractivity contribution in [1.82, 2.24) is 10.2 Å². The number of carboxylic acid groups (broad SMARTS) is 1. The third kappa shape index (κ3) is 4.54. The molecule has 1 heterocycles. The molecule has 0 spiro atoms. The molecule has 0 aromatic heterocycles. The number of aromatic carboxylic acids is 1. The predicted molar refractivity (Wildman–Crippen MR) is 85.2 cm³/mol. The number of nitriles is 1. The monoisotopic (exact) mass is 330 g/mol. The first-order valence-electron chi connectivity index (χ1n) is 7.54. The Bertz CT molecular complexity index is 683. The summed E-state index contributed by atoms with van der Waals surface area (Å²) in [6, 6.07) is 7.60. The van der Waals surface area contributed by atoms with E-state index < -0.39 is 5.97 Å². The number of carbonyl (C=O) groups is 3. The summed E-state index contributed by atoms with van der Waals surface area (Å²) in [4.78, 5) is 36.2. The van der Waals surface area contributed by atoms with E-state index in [0.29, 0.717) is 18.7 Å². The number of rotatable bonds is 6. The molecular formula is C16H18N4O4. The van der Waals surface area contributed by atoms with E-state index in [2.05, 4.69) is 16.7 Å². The number of hydrogen-bond acceptors (Lipinski definition) is 5. The lowest BCUT2D eigenvalue weighted by Crippen LogP contribution is -2.42. The van der Waals surface area contributed by atoms with Gasteiger partial charge in [0, 0.05) is 12.2 Å². The van der Waals surface area contributed by atoms with Crippen molar-refractivity contribution in [3.05, 3.63) is 29.8 Å². The van der Waals surface area contributed by atoms with Crippen LogP contribution in [0, 0.1) is 11.3 Å². The van der Waals surface area contributed by atoms with Crippen LogP contribution in [0.2, 0.25) is 0 Å². The number of nitrogens with zero attached hydrogens (tertiary/aromatic N) is 2. The van der Waals surface area contributed by atoms with E-state index in [0.717, 1.165) is 6.42 Å². The molecule has 1 aromatic carbocycles. The summed E-state index contributed by atoms with van der Waals surface area (Å²) in [6.45, 7) is 0.446. The minimum Gasteiger partial charge on any atom is -0.478 e. The fourth-order valence-corrected chi connectivity index (χ4v) is 2.52. The molecule has 0 bridgehead atoms. The van der Waals surface area contributed by atoms with Gasteiger partial charge in [-0.25, -0.2) is 4.79 Å². The molecule has 1 fully saturated rings. The zero-order valence-electron chi connectivity index (χ0n) is 13.0. The molecule has 2 rings (SSSR count). The SMILES string of the molecule is N#C[C@@H]1CCCN1C(=O)CNCC(=O)Nc1cccc(C(=O)O)c1. The molecule has 1 aliphatic rings. The number of nitrogens with one attached hydrogen (secondary N) is 2. The highest BCUT2D eigenvalue weighted by Crippen LogP contribution is 2.16. The lowest BCUT2D eigenvalue weighted by molar-refractivity contribution is -0.130. The second-order valence-electron chi connectivity index (χ2n) is 5.41. The van der Waals surface area contributed by atoms with Gasteiger partial charge >= 0.3 is 5.97 Å². The first-order valence-corrected chi connectivity index (χ1v) is 7.54. The molecule has 0 radical (unpaired) electrons. The summed E-state index contributed by atoms with van der Waals surface area (Å²) in [5.41, 5.74) is 0.449. The van der Waals surface area contributed by atoms with Gasteiger partial charge in [0.05, 0.1) is 24.7 Å². The van der Waals surface area contributed by atoms with Crippen LogP contribution < -0.4 is 10.6 Å². The molecule has 1 aromatic rings. The van der Waals surface area contributed by atoms with E-state index in [1.165, 1.54) is 23.1 Å². The number of likely N-dealkylation sites (tertiary alicyclic amines) is 1. The highest BCUT2D eigenvalue weighted by atomic mass is 16.4. The average Bonchev–Trinajstić information content (AvgIpc) is 3.03. The van der Waals surface area contributed by atoms with Crippen LogP contribution in [-0.2, 0) is 9.59 Å². The number of amides is 2. The Morgan fingerprint density at radius 3 is 2.83 bits per heavy atom. The van der Waals surface area contributed by atoms with Crippen molar-refractivity contribution < 1.29 is 19.5 Å². The molecule has 2 amide bonds. The maximum Gasteiger partial charge on any atom is 0.335 e. The second-order valence-corrected chi connectivity index (χ2v) is 5.41. The van der Waals surface area contributed by atoms with Gasteiger partial charge in [0.1, 0.15) is 6.04 Å². The van der Waals surface area contributed by atoms with Gasteiger partial charge < -0.3 is 15.3 Å². The molecule has 1 aliphatic heterocycles. The van der Waals surface area contributed by atoms with Crippen LogP contribution in [0.4, 0.5) is 5.69 Å². The Labute approximate surface area is 139 Å². The van der Waals surface area contributed by atoms with Crippen molar-refractivity contribution in [1.29, 1.82) is 5.26 Å². The first-order chi connectivity index (χ1) is 11.5. The van der Waals surface area contributed by atoms with Crippen LogP contribution in [-0.4, -0.2) is 53.5 Å². The summed E-state index contributed by atoms with van der Waals surface area (Å²) in [7, 11) is 0. The van der Waals surface area contributed by atoms with Gasteiger partial charge in [-0.15, -0.1) is 0 Å². The molecule has 8 nitrogen and oxygen atoms in total. The summed E-state index contributed by atoms with van der Waals surface area (Å²) < 4.78 is 0. The Kier molecular flexibility index (Phi) is 5.87. The van der Waals surface area contributed by atoms with Crippen molar-refractivity contribution >= 4 is 23.5 Å². The third-order valence-electron chi connectivity index (χ3n) is 3.68. The minimum absolute atomic E-state index is 0.0270. The maximum absolute atomic E-state index is 12.0. The largest absolute Gasteiger partial charge is 0.478 e. The molecule has 0 unspecified atom stereocenters. The van der Waals surface area contributed by atoms with Crippen LogP contribution >= 0.6 is 0 Å². The van der Waals surface area contributed by atoms with Crippen molar-refractivity contribution in [2.24, 2.45) is 0 Å². The van der Waals surface area contributed by atoms with Crippen LogP contribution in [0.1, 0.15) is 23.2 Å². The highest BCUT2D eigenvalue weighted by Gasteiger charge is 2.27. The van der Waals surface area contributed by atoms with E-state index in [4.69, 9.17) is 10.4 Å². The third-order valence-corrected chi connectivity index (χ3v) is 3.68. The summed E-state index contributed by atoms with van der Waals surface area (Å²) in [5, 5.41) is 23.1. The Hall–Kier alpha value is -2.92. The standard InChI is InChI=1S/C16H18N4O4/c17-8-13-5-2-6-20(13)15(22)10-18-9-14(21)19-12-4-1-3-11(7-12)16(23)24/h1,3-4,7,13,18H,2,5-6,9-10H2,(H,19,21)(H,23,24)/t13-/m0/s1. The van der Waals surface area contributed by atoms with Gasteiger partial charge in [-0.05, 0) is 31.0 Å². The van der Waals surface area contributed by atoms with E-state index in [9.17, 15) is 14.4 Å². The average molecular weight is 330 g/mol. The van der Waals surface area contributed by atoms with Crippen molar-refractivity contribution in [3.63, 3.8) is 0 Å². The van der Waals surface area contributed by atoms with Gasteiger partial charge in [-0.2, -0.15) is 5.26 Å². The lowest BCUT2D eigenvalue weighted by atomic mass is 10.2. The molecule has 24 heavy (non-hydrogen) atoms. The van der Waals surface area contributed by atoms with Crippen molar-refractivity contribution in [3.8, 4) is 6.07 Å². The van der Waals surface area contributed by atoms with Gasteiger partial charge in [0.15, 0.2) is 0 Å². The fourth-order valence-electron chi connectivity index (χ4n) is 2.52. The Balaban J connectivity index is 1.77. The quantitative estimate of drug-likeness (QED) is 0.695. The highest BCUT2D eigenvalue weighted by molar-refractivity contribution is 5.95. The van der Waals surface area contributed by atoms with Gasteiger partial charge in [0.25, 0.3) is 0 Å². The second kappa shape index (κ2) is 8.08. The zero-order valence-corrected chi connectivity index (χ0v) is 13.0. The number of carbonyl (C=O) groups excluding carboxylic acids is 2. The predicted octanol–water partition coefficient (Wildman–Crippen LogP) is 0.427. The smallest absolute Gasteiger partial charge is 0.335 e. The van der Waals surface area contributed by atoms with E-state index in [1.807, 2.05) is 0 Å². The lowest BCUT2D eigenvalue weighted by Gasteiger charge is -2.19. The number of carboxylic acids is 1. The summed E-state index contributed by atoms with van der Waals surface area (Å²) >= 11 is 0. The Morgan fingerprint density at radius 1 is 1.33 bits per heavy atom. The molecule has 1 saturated heterocycles. The number of hydrogen-bond donors (Lipinski definition) is 3. The number of anilines is 1. The normalized spacial score (nSPS) is 16.5. The van der Waals surface area contributed by atoms with Gasteiger partial charge in [0.2, 0.25) is 11.8 Å². The molecule has 0 saturated carbocycles. The van der Waals surface area contributed by atoms with Gasteiger partial charge in [-0.1, -0.05) is 6.07 Å². The summed E-state index contributed by atoms with van der Waals surface area (Å²) in [6.07, 6.45) is 1.49. The minimum atomic E-state index is -1.08. The molecule has 3 N–H and O–H groups in total. The summed E-state index contributed by atoms with van der Waals surface area (Å²) in [5.74, 6) is -1.67. The van der Waals surface area contributed by atoms with Crippen LogP contribution in [0.3, 0.4) is 0 Å². The van der Waals surface area contributed by atoms with Crippen molar-refractivity contribution in [2.75, 3.05) is 25.0 Å². The molecule has 126 valence electrons. The topological polar surface area (TPSA) is 123 Å².